The molecule has 3 amide bonds. The number of nitrogens with one attached hydrogen (secondary N) is 3. The minimum atomic E-state index is -0.596. The first-order valence-corrected chi connectivity index (χ1v) is 26.9. The number of nitrogen functional groups attached to an aromatic ring is 1. The normalized spacial score (nSPS) is 15.5. The first kappa shape index (κ1) is 64.2. The topological polar surface area (TPSA) is 249 Å². The number of likely N-dealkylation sites (N-methyl/N-ethyl adjacent to an activating group) is 2. The molecule has 1 fully saturated rings. The molecule has 3 heterocycles. The van der Waals surface area contributed by atoms with Gasteiger partial charge in [-0.2, -0.15) is 4.98 Å². The summed E-state index contributed by atoms with van der Waals surface area (Å²) in [5, 5.41) is 8.94. The first-order chi connectivity index (χ1) is 37.4. The van der Waals surface area contributed by atoms with E-state index in [2.05, 4.69) is 83.4 Å². The highest BCUT2D eigenvalue weighted by Crippen LogP contribution is 2.28. The highest BCUT2D eigenvalue weighted by atomic mass is 16.5. The van der Waals surface area contributed by atoms with Gasteiger partial charge in [-0.25, -0.2) is 4.98 Å². The molecule has 4 aromatic rings. The molecule has 3 unspecified atom stereocenters. The van der Waals surface area contributed by atoms with Crippen LogP contribution in [0, 0.1) is 5.92 Å². The molecule has 7 N–H and O–H groups in total. The van der Waals surface area contributed by atoms with Crippen LogP contribution in [0.4, 0.5) is 17.5 Å². The van der Waals surface area contributed by atoms with Crippen molar-refractivity contribution in [3.8, 4) is 0 Å². The molecule has 0 bridgehead atoms. The fourth-order valence-corrected chi connectivity index (χ4v) is 8.29. The van der Waals surface area contributed by atoms with Gasteiger partial charge in [0.1, 0.15) is 24.7 Å². The van der Waals surface area contributed by atoms with E-state index in [4.69, 9.17) is 16.2 Å². The Hall–Kier alpha value is -7.06. The average Bonchev–Trinajstić information content (AvgIpc) is 3.85. The number of hydrogen-bond donors (Lipinski definition) is 5. The monoisotopic (exact) mass is 1060 g/mol. The molecule has 19 nitrogen and oxygen atoms in total. The summed E-state index contributed by atoms with van der Waals surface area (Å²) in [5.74, 6) is 0.708. The van der Waals surface area contributed by atoms with Crippen molar-refractivity contribution in [1.82, 2.24) is 34.6 Å². The van der Waals surface area contributed by atoms with Crippen LogP contribution in [0.2, 0.25) is 0 Å². The second-order valence-electron chi connectivity index (χ2n) is 18.6. The summed E-state index contributed by atoms with van der Waals surface area (Å²) in [4.78, 5) is 81.5. The third-order valence-electron chi connectivity index (χ3n) is 12.6. The Labute approximate surface area is 455 Å². The van der Waals surface area contributed by atoms with E-state index in [1.165, 1.54) is 30.4 Å². The number of carbonyl (C=O) groups is 6. The Morgan fingerprint density at radius 2 is 1.64 bits per heavy atom. The molecule has 0 radical (unpaired) electrons. The number of amides is 3. The summed E-state index contributed by atoms with van der Waals surface area (Å²) in [7, 11) is 5.53. The Morgan fingerprint density at radius 1 is 0.896 bits per heavy atom. The van der Waals surface area contributed by atoms with Crippen molar-refractivity contribution in [1.29, 1.82) is 0 Å². The molecule has 0 saturated carbocycles. The smallest absolute Gasteiger partial charge is 0.293 e. The van der Waals surface area contributed by atoms with Gasteiger partial charge in [0.05, 0.1) is 17.7 Å². The van der Waals surface area contributed by atoms with E-state index in [1.807, 2.05) is 62.4 Å². The van der Waals surface area contributed by atoms with Crippen LogP contribution >= 0.6 is 0 Å². The lowest BCUT2D eigenvalue weighted by atomic mass is 9.93. The van der Waals surface area contributed by atoms with E-state index >= 15 is 0 Å². The van der Waals surface area contributed by atoms with E-state index in [0.717, 1.165) is 117 Å². The summed E-state index contributed by atoms with van der Waals surface area (Å²) in [6.07, 6.45) is 19.8. The van der Waals surface area contributed by atoms with Crippen LogP contribution < -0.4 is 27.4 Å². The molecule has 420 valence electrons. The van der Waals surface area contributed by atoms with Gasteiger partial charge in [0.15, 0.2) is 5.82 Å². The van der Waals surface area contributed by atoms with Crippen LogP contribution in [-0.4, -0.2) is 152 Å². The fraction of sp³-hybridized carbons (Fsp3) is 0.483. The number of aromatic nitrogens is 3. The van der Waals surface area contributed by atoms with Crippen LogP contribution in [-0.2, 0) is 57.8 Å². The van der Waals surface area contributed by atoms with E-state index < -0.39 is 6.04 Å². The molecule has 1 aliphatic heterocycles. The van der Waals surface area contributed by atoms with Gasteiger partial charge in [-0.1, -0.05) is 101 Å². The number of methoxy groups -OCH3 is 1. The number of benzene rings is 2. The highest BCUT2D eigenvalue weighted by molar-refractivity contribution is 5.91. The zero-order valence-corrected chi connectivity index (χ0v) is 46.2. The zero-order valence-electron chi connectivity index (χ0n) is 46.2. The van der Waals surface area contributed by atoms with Crippen molar-refractivity contribution in [3.05, 3.63) is 114 Å². The van der Waals surface area contributed by atoms with Gasteiger partial charge in [0, 0.05) is 103 Å². The minimum Gasteiger partial charge on any atom is -0.463 e. The van der Waals surface area contributed by atoms with Gasteiger partial charge in [0.25, 0.3) is 6.47 Å². The number of aldehydes is 2. The van der Waals surface area contributed by atoms with Gasteiger partial charge in [-0.3, -0.25) is 28.9 Å². The molecule has 1 saturated heterocycles. The molecule has 77 heavy (non-hydrogen) atoms. The average molecular weight is 1060 g/mol. The summed E-state index contributed by atoms with van der Waals surface area (Å²) >= 11 is 0. The van der Waals surface area contributed by atoms with Gasteiger partial charge in [-0.15, -0.1) is 0 Å². The number of nitrogens with zero attached hydrogens (tertiary/aromatic N) is 6. The molecule has 1 aliphatic carbocycles. The molecule has 2 aromatic carbocycles. The molecule has 0 spiro atoms. The number of hydrogen-bond acceptors (Lipinski definition) is 15. The number of unbranched alkanes of at least 4 members (excludes halogenated alkanes) is 4. The van der Waals surface area contributed by atoms with Crippen molar-refractivity contribution in [3.63, 3.8) is 0 Å². The highest BCUT2D eigenvalue weighted by Gasteiger charge is 2.24. The maximum atomic E-state index is 11.9. The standard InChI is InChI=1S/C25H39N7O.C17H20N2O4.C14H20N2O3.C2H6/c1-4-5-6-10-27-24-23-21(28-25(26)29-24)9-11-32(23)18-20-8-7-19(16-22(20)33-3)17-31-14-12-30(2)13-15-31;1-19(17(23)8-5-11-20)10-9-16(22)18-15(13-21)12-14-6-3-2-4-7-14;15-9-3-1-2-4-14(18)16-13-7-5-12(6-8-13)10-19-11-17;1-2/h7-9,11,16,20,22H,4-6,10,12-15,17-18H2,1-3H3,(H3,26,27,28,29);2-8,11,13,15H,9-10,12H2,1H3,(H,18,22);5-8,11H,1-4,9-10,15H2,(H,16,18);1-2H3/b;8-5-;;. The lowest BCUT2D eigenvalue weighted by Gasteiger charge is -2.34. The number of rotatable bonds is 28. The molecular weight excluding hydrogens is 979 g/mol. The van der Waals surface area contributed by atoms with Crippen LogP contribution in [0.15, 0.2) is 103 Å². The van der Waals surface area contributed by atoms with Gasteiger partial charge in [-0.05, 0) is 80.3 Å². The van der Waals surface area contributed by atoms with E-state index in [-0.39, 0.29) is 49.3 Å². The van der Waals surface area contributed by atoms with E-state index in [9.17, 15) is 28.8 Å². The number of carbonyl (C=O) groups excluding carboxylic acids is 6. The van der Waals surface area contributed by atoms with E-state index in [0.29, 0.717) is 44.4 Å². The number of ether oxygens (including phenoxy) is 2. The summed E-state index contributed by atoms with van der Waals surface area (Å²) in [5.41, 5.74) is 17.2. The number of piperazine rings is 1. The zero-order chi connectivity index (χ0) is 56.2. The van der Waals surface area contributed by atoms with Crippen LogP contribution in [0.5, 0.6) is 0 Å². The second kappa shape index (κ2) is 37.6. The van der Waals surface area contributed by atoms with Crippen molar-refractivity contribution < 1.29 is 38.2 Å². The Bertz CT molecular complexity index is 2450. The van der Waals surface area contributed by atoms with Gasteiger partial charge >= 0.3 is 0 Å². The lowest BCUT2D eigenvalue weighted by molar-refractivity contribution is -0.130. The third-order valence-corrected chi connectivity index (χ3v) is 12.6. The molecule has 2 aliphatic rings. The lowest BCUT2D eigenvalue weighted by Crippen LogP contribution is -2.45. The molecule has 2 aromatic heterocycles. The number of fused-ring (bicyclic) bond motifs is 1. The summed E-state index contributed by atoms with van der Waals surface area (Å²) in [6.45, 7) is 14.9. The van der Waals surface area contributed by atoms with Crippen LogP contribution in [0.25, 0.3) is 11.0 Å². The van der Waals surface area contributed by atoms with Crippen molar-refractivity contribution in [2.45, 2.75) is 104 Å². The van der Waals surface area contributed by atoms with Crippen LogP contribution in [0.1, 0.15) is 83.3 Å². The predicted octanol–water partition coefficient (Wildman–Crippen LogP) is 6.35. The van der Waals surface area contributed by atoms with Gasteiger partial charge in [0.2, 0.25) is 23.7 Å². The molecule has 6 rings (SSSR count). The summed E-state index contributed by atoms with van der Waals surface area (Å²) in [6, 6.07) is 18.0. The summed E-state index contributed by atoms with van der Waals surface area (Å²) < 4.78 is 12.8. The SMILES string of the molecule is CC.CCCCCNc1nc(N)nc2ccn(CC3C=CC(CN4CCN(C)CC4)=CC3OC)c12.CN(CCC(=O)NC(C=O)Cc1ccccc1)C(=O)/C=C\C=O.NCCCCCC(=O)Nc1ccc(COC=O)cc1. The number of anilines is 3. The number of nitrogens with two attached hydrogens (primary N) is 2. The van der Waals surface area contributed by atoms with Crippen molar-refractivity contribution >= 4 is 65.3 Å². The Morgan fingerprint density at radius 3 is 2.30 bits per heavy atom. The van der Waals surface area contributed by atoms with Crippen LogP contribution in [0.3, 0.4) is 0 Å². The maximum absolute atomic E-state index is 11.9. The first-order valence-electron chi connectivity index (χ1n) is 26.9. The predicted molar refractivity (Wildman–Crippen MR) is 306 cm³/mol. The molecule has 3 atom stereocenters. The minimum absolute atomic E-state index is 0.00825. The van der Waals surface area contributed by atoms with Crippen molar-refractivity contribution in [2.24, 2.45) is 11.7 Å². The van der Waals surface area contributed by atoms with E-state index in [1.54, 1.807) is 19.2 Å². The Balaban J connectivity index is 0.000000313. The molecular formula is C58H85N11O8. The quantitative estimate of drug-likeness (QED) is 0.0236. The Kier molecular flexibility index (Phi) is 31.4. The molecule has 19 heteroatoms. The maximum Gasteiger partial charge on any atom is 0.293 e. The third kappa shape index (κ3) is 24.7. The van der Waals surface area contributed by atoms with Gasteiger partial charge < -0.3 is 56.1 Å². The fourth-order valence-electron chi connectivity index (χ4n) is 8.29. The largest absolute Gasteiger partial charge is 0.463 e. The number of allylic oxidation sites excluding steroid dienone is 1. The second-order valence-corrected chi connectivity index (χ2v) is 18.6. The van der Waals surface area contributed by atoms with Crippen molar-refractivity contribution in [2.75, 3.05) is 89.9 Å².